The molecule has 2 aromatic heterocycles. The van der Waals surface area contributed by atoms with Crippen molar-refractivity contribution in [3.05, 3.63) is 35.8 Å². The van der Waals surface area contributed by atoms with Crippen LogP contribution >= 0.6 is 0 Å². The van der Waals surface area contributed by atoms with Gasteiger partial charge in [0.25, 0.3) is 0 Å². The summed E-state index contributed by atoms with van der Waals surface area (Å²) >= 11 is 0. The fraction of sp³-hybridized carbons (Fsp3) is 0.375. The molecule has 1 N–H and O–H groups in total. The lowest BCUT2D eigenvalue weighted by atomic mass is 9.91. The lowest BCUT2D eigenvalue weighted by Gasteiger charge is -2.15. The van der Waals surface area contributed by atoms with E-state index in [0.717, 1.165) is 17.2 Å². The van der Waals surface area contributed by atoms with Crippen molar-refractivity contribution in [1.29, 1.82) is 0 Å². The van der Waals surface area contributed by atoms with Gasteiger partial charge in [-0.25, -0.2) is 0 Å². The van der Waals surface area contributed by atoms with Crippen LogP contribution in [0.1, 0.15) is 32.3 Å². The number of nitrogens with zero attached hydrogens (tertiary/aromatic N) is 5. The molecule has 0 radical (unpaired) electrons. The number of rotatable bonds is 3. The fourth-order valence-corrected chi connectivity index (χ4v) is 2.34. The molecule has 0 aliphatic rings. The van der Waals surface area contributed by atoms with Gasteiger partial charge in [-0.05, 0) is 19.1 Å². The number of H-pyrrole nitrogens is 1. The molecule has 0 atom stereocenters. The number of hydrogen-bond donors (Lipinski definition) is 1. The van der Waals surface area contributed by atoms with E-state index in [4.69, 9.17) is 4.74 Å². The van der Waals surface area contributed by atoms with Crippen molar-refractivity contribution < 1.29 is 4.74 Å². The van der Waals surface area contributed by atoms with Gasteiger partial charge in [0.1, 0.15) is 17.3 Å². The first kappa shape index (κ1) is 15.2. The Kier molecular flexibility index (Phi) is 3.63. The maximum atomic E-state index is 5.31. The predicted octanol–water partition coefficient (Wildman–Crippen LogP) is 4.09. The Morgan fingerprint density at radius 3 is 2.61 bits per heavy atom. The number of fused-ring (bicyclic) bond motifs is 1. The van der Waals surface area contributed by atoms with Crippen LogP contribution in [0.5, 0.6) is 5.75 Å². The van der Waals surface area contributed by atoms with Gasteiger partial charge in [-0.2, -0.15) is 14.7 Å². The minimum atomic E-state index is -0.158. The number of methoxy groups -OCH3 is 1. The van der Waals surface area contributed by atoms with Crippen LogP contribution in [0.3, 0.4) is 0 Å². The van der Waals surface area contributed by atoms with Crippen LogP contribution in [0.25, 0.3) is 5.65 Å². The van der Waals surface area contributed by atoms with Crippen molar-refractivity contribution in [3.8, 4) is 5.75 Å². The van der Waals surface area contributed by atoms with Gasteiger partial charge in [0, 0.05) is 5.41 Å². The van der Waals surface area contributed by atoms with Gasteiger partial charge in [0.05, 0.1) is 12.8 Å². The van der Waals surface area contributed by atoms with Gasteiger partial charge in [-0.15, -0.1) is 10.2 Å². The molecule has 2 heterocycles. The second-order valence-electron chi connectivity index (χ2n) is 6.35. The Hall–Kier alpha value is -2.70. The number of nitrogens with one attached hydrogen (secondary N) is 1. The SMILES string of the molecule is COc1ccccc1/N=N/c1c(C(C)(C)C)nn2c(C)n[nH]c12. The second-order valence-corrected chi connectivity index (χ2v) is 6.35. The molecule has 23 heavy (non-hydrogen) atoms. The molecule has 1 aromatic carbocycles. The van der Waals surface area contributed by atoms with Crippen molar-refractivity contribution in [1.82, 2.24) is 19.8 Å². The molecule has 0 fully saturated rings. The van der Waals surface area contributed by atoms with Crippen LogP contribution in [0.2, 0.25) is 0 Å². The highest BCUT2D eigenvalue weighted by atomic mass is 16.5. The molecule has 7 nitrogen and oxygen atoms in total. The largest absolute Gasteiger partial charge is 0.494 e. The van der Waals surface area contributed by atoms with E-state index in [1.165, 1.54) is 0 Å². The van der Waals surface area contributed by atoms with Crippen LogP contribution in [-0.2, 0) is 5.41 Å². The Balaban J connectivity index is 2.13. The van der Waals surface area contributed by atoms with Gasteiger partial charge in [-0.3, -0.25) is 5.10 Å². The van der Waals surface area contributed by atoms with E-state index >= 15 is 0 Å². The Bertz CT molecular complexity index is 868. The average Bonchev–Trinajstić information content (AvgIpc) is 3.05. The highest BCUT2D eigenvalue weighted by molar-refractivity contribution is 5.68. The van der Waals surface area contributed by atoms with E-state index in [2.05, 4.69) is 46.3 Å². The van der Waals surface area contributed by atoms with E-state index in [9.17, 15) is 0 Å². The standard InChI is InChI=1S/C16H20N6O/c1-10-17-20-15-13(14(16(2,3)4)21-22(10)15)19-18-11-8-6-7-9-12(11)23-5/h6-9,20H,1-5H3/b19-18+. The number of azo groups is 1. The smallest absolute Gasteiger partial charge is 0.179 e. The summed E-state index contributed by atoms with van der Waals surface area (Å²) in [5.41, 5.74) is 2.82. The summed E-state index contributed by atoms with van der Waals surface area (Å²) in [5, 5.41) is 20.6. The molecule has 3 aromatic rings. The third-order valence-electron chi connectivity index (χ3n) is 3.54. The number of aryl methyl sites for hydroxylation is 1. The minimum Gasteiger partial charge on any atom is -0.494 e. The molecular formula is C16H20N6O. The number of aromatic amines is 1. The Labute approximate surface area is 134 Å². The number of hydrogen-bond acceptors (Lipinski definition) is 5. The molecule has 0 saturated heterocycles. The van der Waals surface area contributed by atoms with Crippen LogP contribution in [0, 0.1) is 6.92 Å². The Morgan fingerprint density at radius 1 is 1.17 bits per heavy atom. The normalized spacial score (nSPS) is 12.4. The van der Waals surface area contributed by atoms with Crippen molar-refractivity contribution in [3.63, 3.8) is 0 Å². The quantitative estimate of drug-likeness (QED) is 0.740. The minimum absolute atomic E-state index is 0.158. The summed E-state index contributed by atoms with van der Waals surface area (Å²) in [5.74, 6) is 1.46. The van der Waals surface area contributed by atoms with Gasteiger partial charge in [0.2, 0.25) is 0 Å². The summed E-state index contributed by atoms with van der Waals surface area (Å²) < 4.78 is 7.07. The molecular weight excluding hydrogens is 292 g/mol. The summed E-state index contributed by atoms with van der Waals surface area (Å²) in [7, 11) is 1.62. The summed E-state index contributed by atoms with van der Waals surface area (Å²) in [4.78, 5) is 0. The fourth-order valence-electron chi connectivity index (χ4n) is 2.34. The molecule has 0 spiro atoms. The second kappa shape index (κ2) is 5.49. The van der Waals surface area contributed by atoms with Crippen LogP contribution < -0.4 is 4.74 Å². The zero-order chi connectivity index (χ0) is 16.6. The summed E-state index contributed by atoms with van der Waals surface area (Å²) in [6.07, 6.45) is 0. The zero-order valence-electron chi connectivity index (χ0n) is 14.0. The predicted molar refractivity (Wildman–Crippen MR) is 87.9 cm³/mol. The number of para-hydroxylation sites is 1. The first-order chi connectivity index (χ1) is 10.9. The first-order valence-corrected chi connectivity index (χ1v) is 7.40. The molecule has 120 valence electrons. The first-order valence-electron chi connectivity index (χ1n) is 7.40. The van der Waals surface area contributed by atoms with Crippen LogP contribution in [0.15, 0.2) is 34.5 Å². The molecule has 0 aliphatic carbocycles. The monoisotopic (exact) mass is 312 g/mol. The van der Waals surface area contributed by atoms with E-state index in [0.29, 0.717) is 17.1 Å². The molecule has 7 heteroatoms. The topological polar surface area (TPSA) is 79.9 Å². The number of benzene rings is 1. The van der Waals surface area contributed by atoms with Gasteiger partial charge in [0.15, 0.2) is 11.3 Å². The summed E-state index contributed by atoms with van der Waals surface area (Å²) in [6.45, 7) is 8.18. The molecule has 3 rings (SSSR count). The van der Waals surface area contributed by atoms with Gasteiger partial charge in [-0.1, -0.05) is 32.9 Å². The van der Waals surface area contributed by atoms with Crippen molar-refractivity contribution >= 4 is 17.0 Å². The third-order valence-corrected chi connectivity index (χ3v) is 3.54. The highest BCUT2D eigenvalue weighted by Gasteiger charge is 2.26. The third kappa shape index (κ3) is 2.69. The maximum absolute atomic E-state index is 5.31. The maximum Gasteiger partial charge on any atom is 0.179 e. The molecule has 0 saturated carbocycles. The van der Waals surface area contributed by atoms with E-state index in [1.807, 2.05) is 31.2 Å². The molecule has 0 amide bonds. The zero-order valence-corrected chi connectivity index (χ0v) is 14.0. The van der Waals surface area contributed by atoms with Gasteiger partial charge < -0.3 is 4.74 Å². The van der Waals surface area contributed by atoms with E-state index in [-0.39, 0.29) is 5.41 Å². The number of ether oxygens (including phenoxy) is 1. The highest BCUT2D eigenvalue weighted by Crippen LogP contribution is 2.36. The van der Waals surface area contributed by atoms with Crippen LogP contribution in [0.4, 0.5) is 11.4 Å². The van der Waals surface area contributed by atoms with Crippen molar-refractivity contribution in [2.24, 2.45) is 10.2 Å². The van der Waals surface area contributed by atoms with Crippen molar-refractivity contribution in [2.75, 3.05) is 7.11 Å². The van der Waals surface area contributed by atoms with Crippen molar-refractivity contribution in [2.45, 2.75) is 33.1 Å². The van der Waals surface area contributed by atoms with E-state index in [1.54, 1.807) is 11.6 Å². The lowest BCUT2D eigenvalue weighted by Crippen LogP contribution is -2.12. The number of aromatic nitrogens is 4. The average molecular weight is 312 g/mol. The van der Waals surface area contributed by atoms with Crippen LogP contribution in [-0.4, -0.2) is 26.9 Å². The van der Waals surface area contributed by atoms with E-state index < -0.39 is 0 Å². The lowest BCUT2D eigenvalue weighted by molar-refractivity contribution is 0.416. The Morgan fingerprint density at radius 2 is 1.91 bits per heavy atom. The summed E-state index contributed by atoms with van der Waals surface area (Å²) in [6, 6.07) is 7.51. The molecule has 0 aliphatic heterocycles. The molecule has 0 bridgehead atoms. The molecule has 0 unspecified atom stereocenters. The van der Waals surface area contributed by atoms with Gasteiger partial charge >= 0.3 is 0 Å².